The molecule has 0 aliphatic heterocycles. The molecular weight excluding hydrogens is 344 g/mol. The van der Waals surface area contributed by atoms with Gasteiger partial charge in [-0.3, -0.25) is 0 Å². The maximum absolute atomic E-state index is 12.6. The molecule has 0 radical (unpaired) electrons. The molecular formula is C5H2AsF11. The monoisotopic (exact) mass is 346 g/mol. The van der Waals surface area contributed by atoms with E-state index in [1.165, 1.54) is 0 Å². The van der Waals surface area contributed by atoms with Crippen molar-refractivity contribution in [3.63, 3.8) is 0 Å². The van der Waals surface area contributed by atoms with Crippen molar-refractivity contribution < 1.29 is 48.3 Å². The van der Waals surface area contributed by atoms with Crippen molar-refractivity contribution in [3.05, 3.63) is 0 Å². The topological polar surface area (TPSA) is 0 Å². The molecule has 0 bridgehead atoms. The fourth-order valence-electron chi connectivity index (χ4n) is 0.746. The summed E-state index contributed by atoms with van der Waals surface area (Å²) in [5, 5.41) is 0. The van der Waals surface area contributed by atoms with Crippen molar-refractivity contribution in [1.29, 1.82) is 0 Å². The Morgan fingerprint density at radius 1 is 0.529 bits per heavy atom. The molecule has 0 aromatic carbocycles. The van der Waals surface area contributed by atoms with Gasteiger partial charge in [-0.05, 0) is 0 Å². The average Bonchev–Trinajstić information content (AvgIpc) is 1.95. The van der Waals surface area contributed by atoms with E-state index in [1.807, 2.05) is 0 Å². The molecule has 0 spiro atoms. The Morgan fingerprint density at radius 2 is 0.765 bits per heavy atom. The molecule has 0 amide bonds. The van der Waals surface area contributed by atoms with Gasteiger partial charge in [0.25, 0.3) is 0 Å². The van der Waals surface area contributed by atoms with Crippen LogP contribution in [0.1, 0.15) is 0 Å². The van der Waals surface area contributed by atoms with Gasteiger partial charge in [0.05, 0.1) is 0 Å². The molecule has 0 heterocycles. The molecule has 0 rings (SSSR count). The average molecular weight is 346 g/mol. The Balaban J connectivity index is 6.04. The number of hydrogen-bond donors (Lipinski definition) is 0. The second-order valence-corrected chi connectivity index (χ2v) is 4.37. The molecule has 0 saturated heterocycles. The van der Waals surface area contributed by atoms with Gasteiger partial charge in [0, 0.05) is 0 Å². The normalized spacial score (nSPS) is 16.2. The van der Waals surface area contributed by atoms with Gasteiger partial charge >= 0.3 is 93.8 Å². The summed E-state index contributed by atoms with van der Waals surface area (Å²) in [6.45, 7) is 0. The van der Waals surface area contributed by atoms with Gasteiger partial charge in [-0.15, -0.1) is 0 Å². The van der Waals surface area contributed by atoms with Gasteiger partial charge < -0.3 is 0 Å². The van der Waals surface area contributed by atoms with Crippen LogP contribution in [-0.2, 0) is 0 Å². The van der Waals surface area contributed by atoms with Crippen molar-refractivity contribution >= 4 is 16.9 Å². The first-order valence-corrected chi connectivity index (χ1v) is 4.58. The van der Waals surface area contributed by atoms with Crippen LogP contribution in [0.25, 0.3) is 0 Å². The van der Waals surface area contributed by atoms with E-state index < -0.39 is 45.5 Å². The Bertz CT molecular complexity index is 266. The predicted octanol–water partition coefficient (Wildman–Crippen LogP) is 2.68. The summed E-state index contributed by atoms with van der Waals surface area (Å²) >= 11 is -1.46. The van der Waals surface area contributed by atoms with Crippen molar-refractivity contribution in [1.82, 2.24) is 0 Å². The van der Waals surface area contributed by atoms with E-state index >= 15 is 0 Å². The minimum absolute atomic E-state index is 1.46. The molecule has 0 aromatic heterocycles. The number of rotatable bonds is 2. The number of halogens is 11. The molecule has 0 fully saturated rings. The fraction of sp³-hybridized carbons (Fsp3) is 1.00. The number of alkyl halides is 11. The van der Waals surface area contributed by atoms with E-state index in [4.69, 9.17) is 0 Å². The van der Waals surface area contributed by atoms with Gasteiger partial charge in [0.2, 0.25) is 0 Å². The predicted molar refractivity (Wildman–Crippen MR) is 34.4 cm³/mol. The van der Waals surface area contributed by atoms with E-state index in [2.05, 4.69) is 0 Å². The first-order chi connectivity index (χ1) is 7.00. The van der Waals surface area contributed by atoms with E-state index in [1.54, 1.807) is 0 Å². The third-order valence-corrected chi connectivity index (χ3v) is 2.39. The SMILES string of the molecule is FC(F)(F)C(F)(C(F)(F)F)C(F)(F)C(F)(F)[AsH2]. The molecule has 1 atom stereocenters. The van der Waals surface area contributed by atoms with Crippen LogP contribution in [-0.4, -0.2) is 45.5 Å². The van der Waals surface area contributed by atoms with Gasteiger partial charge in [-0.1, -0.05) is 0 Å². The van der Waals surface area contributed by atoms with Gasteiger partial charge in [-0.25, -0.2) is 0 Å². The van der Waals surface area contributed by atoms with Crippen LogP contribution < -0.4 is 0 Å². The Labute approximate surface area is 94.6 Å². The minimum atomic E-state index is -7.31. The zero-order chi connectivity index (χ0) is 14.5. The van der Waals surface area contributed by atoms with E-state index in [0.29, 0.717) is 0 Å². The quantitative estimate of drug-likeness (QED) is 0.533. The van der Waals surface area contributed by atoms with Crippen LogP contribution in [0.5, 0.6) is 0 Å². The summed E-state index contributed by atoms with van der Waals surface area (Å²) in [5.41, 5.74) is -7.31. The molecule has 12 heteroatoms. The van der Waals surface area contributed by atoms with Crippen molar-refractivity contribution in [2.45, 2.75) is 28.7 Å². The summed E-state index contributed by atoms with van der Waals surface area (Å²) in [6, 6.07) is 0. The zero-order valence-corrected chi connectivity index (χ0v) is 9.66. The zero-order valence-electron chi connectivity index (χ0n) is 7.23. The Kier molecular flexibility index (Phi) is 3.84. The summed E-state index contributed by atoms with van der Waals surface area (Å²) in [7, 11) is 0. The third-order valence-electron chi connectivity index (χ3n) is 1.63. The second kappa shape index (κ2) is 3.89. The van der Waals surface area contributed by atoms with Crippen molar-refractivity contribution in [3.8, 4) is 0 Å². The van der Waals surface area contributed by atoms with Crippen LogP contribution >= 0.6 is 0 Å². The summed E-state index contributed by atoms with van der Waals surface area (Å²) < 4.78 is 126. The van der Waals surface area contributed by atoms with Crippen LogP contribution in [0.2, 0.25) is 0 Å². The van der Waals surface area contributed by atoms with Gasteiger partial charge in [0.1, 0.15) is 0 Å². The van der Waals surface area contributed by atoms with Crippen LogP contribution in [0.15, 0.2) is 0 Å². The molecule has 0 N–H and O–H groups in total. The molecule has 0 aliphatic carbocycles. The fourth-order valence-corrected chi connectivity index (χ4v) is 1.16. The van der Waals surface area contributed by atoms with Crippen LogP contribution in [0.4, 0.5) is 48.3 Å². The summed E-state index contributed by atoms with van der Waals surface area (Å²) in [5.74, 6) is -6.96. The van der Waals surface area contributed by atoms with Gasteiger partial charge in [0.15, 0.2) is 0 Å². The molecule has 0 aromatic rings. The number of hydrogen-bond acceptors (Lipinski definition) is 0. The molecule has 104 valence electrons. The first-order valence-electron chi connectivity index (χ1n) is 3.37. The second-order valence-electron chi connectivity index (χ2n) is 2.85. The van der Waals surface area contributed by atoms with Gasteiger partial charge in [-0.2, -0.15) is 0 Å². The Morgan fingerprint density at radius 3 is 0.824 bits per heavy atom. The Hall–Kier alpha value is -0.212. The molecule has 0 aliphatic rings. The summed E-state index contributed by atoms with van der Waals surface area (Å²) in [4.78, 5) is 0. The van der Waals surface area contributed by atoms with Crippen molar-refractivity contribution in [2.24, 2.45) is 0 Å². The third kappa shape index (κ3) is 2.34. The molecule has 1 unspecified atom stereocenters. The van der Waals surface area contributed by atoms with E-state index in [0.717, 1.165) is 0 Å². The van der Waals surface area contributed by atoms with Crippen LogP contribution in [0, 0.1) is 0 Å². The molecule has 0 nitrogen and oxygen atoms in total. The van der Waals surface area contributed by atoms with Crippen molar-refractivity contribution in [2.75, 3.05) is 0 Å². The maximum atomic E-state index is 12.6. The molecule has 0 saturated carbocycles. The van der Waals surface area contributed by atoms with E-state index in [9.17, 15) is 48.3 Å². The first kappa shape index (κ1) is 16.8. The van der Waals surface area contributed by atoms with E-state index in [-0.39, 0.29) is 0 Å². The standard InChI is InChI=1S/C5H2AsF11/c6-3(10,11)2(8,9)1(7,4(12,13)14)5(15,16)17/h6H2. The van der Waals surface area contributed by atoms with Crippen LogP contribution in [0.3, 0.4) is 0 Å². The summed E-state index contributed by atoms with van der Waals surface area (Å²) in [6.07, 6.45) is -14.5. The molecule has 17 heavy (non-hydrogen) atoms.